The van der Waals surface area contributed by atoms with Gasteiger partial charge in [-0.3, -0.25) is 10.1 Å². The molecule has 0 aliphatic carbocycles. The lowest BCUT2D eigenvalue weighted by Gasteiger charge is -2.15. The number of aliphatic imine (C=N–C) groups is 1. The third-order valence-electron chi connectivity index (χ3n) is 3.94. The van der Waals surface area contributed by atoms with Gasteiger partial charge >= 0.3 is 0 Å². The standard InChI is InChI=1S/C18H18FN5/c1-4-14-18-15(24-23-14)9-13(19)10(2)17(18)11-5-6-22-12(7-11)8-16(20)21-3/h4-9,22H,1H2,2-3H3,(H2,20,21)(H,23,24)/b12-8-. The summed E-state index contributed by atoms with van der Waals surface area (Å²) in [6.45, 7) is 5.54. The van der Waals surface area contributed by atoms with Crippen molar-refractivity contribution in [2.24, 2.45) is 10.7 Å². The third-order valence-corrected chi connectivity index (χ3v) is 3.94. The number of hydrogen-bond acceptors (Lipinski definition) is 3. The number of H-pyrrole nitrogens is 1. The highest BCUT2D eigenvalue weighted by Gasteiger charge is 2.18. The zero-order valence-electron chi connectivity index (χ0n) is 13.5. The molecule has 5 nitrogen and oxygen atoms in total. The fourth-order valence-corrected chi connectivity index (χ4v) is 2.74. The van der Waals surface area contributed by atoms with Gasteiger partial charge in [-0.25, -0.2) is 4.39 Å². The predicted octanol–water partition coefficient (Wildman–Crippen LogP) is 3.02. The zero-order valence-corrected chi connectivity index (χ0v) is 13.5. The topological polar surface area (TPSA) is 79.1 Å². The predicted molar refractivity (Wildman–Crippen MR) is 96.8 cm³/mol. The second-order valence-electron chi connectivity index (χ2n) is 5.42. The molecule has 0 saturated carbocycles. The van der Waals surface area contributed by atoms with Gasteiger partial charge in [-0.15, -0.1) is 0 Å². The van der Waals surface area contributed by atoms with Crippen LogP contribution >= 0.6 is 0 Å². The smallest absolute Gasteiger partial charge is 0.128 e. The highest BCUT2D eigenvalue weighted by atomic mass is 19.1. The van der Waals surface area contributed by atoms with E-state index in [4.69, 9.17) is 5.73 Å². The molecule has 1 aliphatic heterocycles. The number of aromatic nitrogens is 2. The quantitative estimate of drug-likeness (QED) is 0.600. The van der Waals surface area contributed by atoms with Crippen LogP contribution in [0.5, 0.6) is 0 Å². The number of nitrogens with zero attached hydrogens (tertiary/aromatic N) is 2. The molecule has 6 heteroatoms. The van der Waals surface area contributed by atoms with Gasteiger partial charge in [0.2, 0.25) is 0 Å². The summed E-state index contributed by atoms with van der Waals surface area (Å²) >= 11 is 0. The van der Waals surface area contributed by atoms with Crippen molar-refractivity contribution < 1.29 is 4.39 Å². The number of fused-ring (bicyclic) bond motifs is 1. The second-order valence-corrected chi connectivity index (χ2v) is 5.42. The first-order valence-corrected chi connectivity index (χ1v) is 7.44. The highest BCUT2D eigenvalue weighted by Crippen LogP contribution is 2.34. The molecule has 2 heterocycles. The largest absolute Gasteiger partial charge is 0.384 e. The van der Waals surface area contributed by atoms with Crippen molar-refractivity contribution in [1.29, 1.82) is 0 Å². The molecular formula is C18H18FN5. The van der Waals surface area contributed by atoms with Crippen LogP contribution in [0.3, 0.4) is 0 Å². The van der Waals surface area contributed by atoms with Crippen molar-refractivity contribution in [2.75, 3.05) is 7.05 Å². The van der Waals surface area contributed by atoms with E-state index >= 15 is 0 Å². The number of amidine groups is 1. The van der Waals surface area contributed by atoms with E-state index in [1.165, 1.54) is 6.07 Å². The van der Waals surface area contributed by atoms with Crippen molar-refractivity contribution in [3.63, 3.8) is 0 Å². The van der Waals surface area contributed by atoms with Gasteiger partial charge in [-0.2, -0.15) is 5.10 Å². The third kappa shape index (κ3) is 2.62. The summed E-state index contributed by atoms with van der Waals surface area (Å²) in [5.41, 5.74) is 10.0. The Balaban J connectivity index is 2.27. The van der Waals surface area contributed by atoms with E-state index in [-0.39, 0.29) is 5.82 Å². The van der Waals surface area contributed by atoms with E-state index in [1.54, 1.807) is 32.3 Å². The molecule has 0 bridgehead atoms. The van der Waals surface area contributed by atoms with Crippen LogP contribution in [-0.2, 0) is 0 Å². The molecule has 0 fully saturated rings. The van der Waals surface area contributed by atoms with Crippen LogP contribution in [-0.4, -0.2) is 23.1 Å². The molecule has 24 heavy (non-hydrogen) atoms. The van der Waals surface area contributed by atoms with Crippen LogP contribution in [0.1, 0.15) is 16.8 Å². The number of aromatic amines is 1. The lowest BCUT2D eigenvalue weighted by atomic mass is 9.93. The molecule has 0 saturated heterocycles. The highest BCUT2D eigenvalue weighted by molar-refractivity contribution is 6.01. The Hall–Kier alpha value is -3.15. The lowest BCUT2D eigenvalue weighted by Crippen LogP contribution is -2.14. The summed E-state index contributed by atoms with van der Waals surface area (Å²) in [5, 5.41) is 11.0. The van der Waals surface area contributed by atoms with Gasteiger partial charge in [0.05, 0.1) is 11.2 Å². The van der Waals surface area contributed by atoms with Crippen LogP contribution in [0.4, 0.5) is 4.39 Å². The Morgan fingerprint density at radius 2 is 2.25 bits per heavy atom. The average molecular weight is 323 g/mol. The summed E-state index contributed by atoms with van der Waals surface area (Å²) < 4.78 is 14.3. The van der Waals surface area contributed by atoms with Gasteiger partial charge in [0.1, 0.15) is 11.7 Å². The van der Waals surface area contributed by atoms with Crippen LogP contribution < -0.4 is 11.1 Å². The van der Waals surface area contributed by atoms with Gasteiger partial charge in [0.15, 0.2) is 0 Å². The normalized spacial score (nSPS) is 16.4. The molecule has 0 spiro atoms. The van der Waals surface area contributed by atoms with E-state index in [0.717, 1.165) is 22.2 Å². The van der Waals surface area contributed by atoms with E-state index in [9.17, 15) is 4.39 Å². The van der Waals surface area contributed by atoms with Gasteiger partial charge in [0, 0.05) is 30.4 Å². The van der Waals surface area contributed by atoms with Gasteiger partial charge < -0.3 is 11.1 Å². The van der Waals surface area contributed by atoms with Gasteiger partial charge in [0.25, 0.3) is 0 Å². The Morgan fingerprint density at radius 3 is 2.96 bits per heavy atom. The van der Waals surface area contributed by atoms with Crippen LogP contribution in [0.2, 0.25) is 0 Å². The molecule has 1 aromatic carbocycles. The number of nitrogens with two attached hydrogens (primary N) is 1. The number of allylic oxidation sites excluding steroid dienone is 3. The minimum atomic E-state index is -0.287. The van der Waals surface area contributed by atoms with E-state index in [0.29, 0.717) is 22.6 Å². The molecule has 4 N–H and O–H groups in total. The molecule has 0 radical (unpaired) electrons. The van der Waals surface area contributed by atoms with Gasteiger partial charge in [-0.1, -0.05) is 6.58 Å². The summed E-state index contributed by atoms with van der Waals surface area (Å²) in [5.74, 6) is 0.115. The van der Waals surface area contributed by atoms with Crippen LogP contribution in [0, 0.1) is 12.7 Å². The number of benzene rings is 1. The zero-order chi connectivity index (χ0) is 17.3. The molecule has 1 aliphatic rings. The molecule has 0 amide bonds. The van der Waals surface area contributed by atoms with Crippen LogP contribution in [0.25, 0.3) is 22.6 Å². The molecular weight excluding hydrogens is 305 g/mol. The second kappa shape index (κ2) is 6.16. The first-order chi connectivity index (χ1) is 11.5. The van der Waals surface area contributed by atoms with Crippen molar-refractivity contribution in [3.05, 3.63) is 65.4 Å². The Kier molecular flexibility index (Phi) is 4.04. The first-order valence-electron chi connectivity index (χ1n) is 7.44. The molecule has 0 atom stereocenters. The van der Waals surface area contributed by atoms with Crippen molar-refractivity contribution in [1.82, 2.24) is 15.5 Å². The Morgan fingerprint density at radius 1 is 1.46 bits per heavy atom. The van der Waals surface area contributed by atoms with E-state index in [1.807, 2.05) is 12.2 Å². The number of nitrogens with one attached hydrogen (secondary N) is 2. The number of hydrogen-bond donors (Lipinski definition) is 3. The first kappa shape index (κ1) is 15.7. The summed E-state index contributed by atoms with van der Waals surface area (Å²) in [6.07, 6.45) is 8.95. The number of rotatable bonds is 3. The molecule has 122 valence electrons. The minimum Gasteiger partial charge on any atom is -0.384 e. The van der Waals surface area contributed by atoms with Crippen LogP contribution in [0.15, 0.2) is 47.8 Å². The summed E-state index contributed by atoms with van der Waals surface area (Å²) in [4.78, 5) is 3.92. The fourth-order valence-electron chi connectivity index (χ4n) is 2.74. The van der Waals surface area contributed by atoms with E-state index in [2.05, 4.69) is 27.1 Å². The van der Waals surface area contributed by atoms with Gasteiger partial charge in [-0.05, 0) is 47.9 Å². The van der Waals surface area contributed by atoms with Crippen molar-refractivity contribution in [2.45, 2.75) is 6.92 Å². The maximum atomic E-state index is 14.3. The van der Waals surface area contributed by atoms with Crippen molar-refractivity contribution in [3.8, 4) is 0 Å². The summed E-state index contributed by atoms with van der Waals surface area (Å²) in [6, 6.07) is 1.46. The monoisotopic (exact) mass is 323 g/mol. The number of dihydropyridines is 1. The molecule has 3 rings (SSSR count). The Labute approximate surface area is 139 Å². The maximum Gasteiger partial charge on any atom is 0.128 e. The Bertz CT molecular complexity index is 944. The average Bonchev–Trinajstić information content (AvgIpc) is 2.98. The molecule has 2 aromatic rings. The lowest BCUT2D eigenvalue weighted by molar-refractivity contribution is 0.619. The molecule has 0 unspecified atom stereocenters. The summed E-state index contributed by atoms with van der Waals surface area (Å²) in [7, 11) is 1.62. The number of halogens is 1. The molecule has 1 aromatic heterocycles. The minimum absolute atomic E-state index is 0.287. The van der Waals surface area contributed by atoms with Crippen molar-refractivity contribution >= 4 is 28.4 Å². The maximum absolute atomic E-state index is 14.3. The van der Waals surface area contributed by atoms with E-state index < -0.39 is 0 Å². The fraction of sp³-hybridized carbons (Fsp3) is 0.111. The SMILES string of the molecule is C=Cc1n[nH]c2cc(F)c(C)c(C3=C/C(=C/C(N)=NC)NC=C3)c12.